The monoisotopic (exact) mass is 364 g/mol. The van der Waals surface area contributed by atoms with Gasteiger partial charge in [-0.25, -0.2) is 0 Å². The lowest BCUT2D eigenvalue weighted by Crippen LogP contribution is -2.38. The first-order chi connectivity index (χ1) is 11.9. The largest absolute Gasteiger partial charge is 0.451 e. The summed E-state index contributed by atoms with van der Waals surface area (Å²) in [5, 5.41) is 23.3. The van der Waals surface area contributed by atoms with Crippen LogP contribution in [0.15, 0.2) is 34.7 Å². The van der Waals surface area contributed by atoms with Crippen molar-refractivity contribution in [3.63, 3.8) is 0 Å². The third-order valence-electron chi connectivity index (χ3n) is 4.29. The quantitative estimate of drug-likeness (QED) is 0.637. The summed E-state index contributed by atoms with van der Waals surface area (Å²) in [5.41, 5.74) is 0.366. The van der Waals surface area contributed by atoms with Gasteiger partial charge in [0.2, 0.25) is 0 Å². The fourth-order valence-corrected chi connectivity index (χ4v) is 3.17. The van der Waals surface area contributed by atoms with Gasteiger partial charge in [-0.1, -0.05) is 11.6 Å². The second kappa shape index (κ2) is 7.25. The minimum atomic E-state index is -0.530. The van der Waals surface area contributed by atoms with Crippen molar-refractivity contribution in [1.82, 2.24) is 5.32 Å². The Morgan fingerprint density at radius 1 is 1.24 bits per heavy atom. The van der Waals surface area contributed by atoms with Crippen LogP contribution in [0.4, 0.5) is 5.69 Å². The maximum absolute atomic E-state index is 12.3. The first kappa shape index (κ1) is 17.4. The van der Waals surface area contributed by atoms with Crippen LogP contribution >= 0.6 is 11.6 Å². The minimum Gasteiger partial charge on any atom is -0.451 e. The van der Waals surface area contributed by atoms with Crippen molar-refractivity contribution in [2.24, 2.45) is 0 Å². The van der Waals surface area contributed by atoms with Crippen LogP contribution in [0.3, 0.4) is 0 Å². The topological polar surface area (TPSA) is 106 Å². The van der Waals surface area contributed by atoms with Crippen LogP contribution < -0.4 is 5.32 Å². The SMILES string of the molecule is O=C(NC1CCC(O)CC1)c1ccc(-c2ccc([N+](=O)[O-])cc2Cl)o1. The zero-order valence-corrected chi connectivity index (χ0v) is 14.0. The number of nitro groups is 1. The smallest absolute Gasteiger partial charge is 0.287 e. The van der Waals surface area contributed by atoms with E-state index in [1.165, 1.54) is 18.2 Å². The average Bonchev–Trinajstić information content (AvgIpc) is 3.06. The molecule has 132 valence electrons. The zero-order valence-electron chi connectivity index (χ0n) is 13.3. The van der Waals surface area contributed by atoms with Crippen molar-refractivity contribution in [2.45, 2.75) is 37.8 Å². The lowest BCUT2D eigenvalue weighted by Gasteiger charge is -2.25. The number of furan rings is 1. The zero-order chi connectivity index (χ0) is 18.0. The lowest BCUT2D eigenvalue weighted by atomic mass is 9.93. The fraction of sp³-hybridized carbons (Fsp3) is 0.353. The van der Waals surface area contributed by atoms with Gasteiger partial charge >= 0.3 is 0 Å². The highest BCUT2D eigenvalue weighted by Gasteiger charge is 2.23. The molecule has 0 unspecified atom stereocenters. The number of benzene rings is 1. The van der Waals surface area contributed by atoms with Crippen molar-refractivity contribution in [2.75, 3.05) is 0 Å². The second-order valence-electron chi connectivity index (χ2n) is 6.06. The van der Waals surface area contributed by atoms with Crippen molar-refractivity contribution in [1.29, 1.82) is 0 Å². The molecule has 0 saturated heterocycles. The second-order valence-corrected chi connectivity index (χ2v) is 6.47. The fourth-order valence-electron chi connectivity index (χ4n) is 2.90. The Bertz CT molecular complexity index is 796. The molecule has 25 heavy (non-hydrogen) atoms. The number of aliphatic hydroxyl groups excluding tert-OH is 1. The maximum Gasteiger partial charge on any atom is 0.287 e. The molecule has 1 fully saturated rings. The molecule has 0 spiro atoms. The summed E-state index contributed by atoms with van der Waals surface area (Å²) in [6.07, 6.45) is 2.52. The van der Waals surface area contributed by atoms with Gasteiger partial charge in [0.15, 0.2) is 5.76 Å². The Morgan fingerprint density at radius 2 is 1.96 bits per heavy atom. The van der Waals surface area contributed by atoms with E-state index < -0.39 is 4.92 Å². The molecule has 3 rings (SSSR count). The summed E-state index contributed by atoms with van der Waals surface area (Å²) < 4.78 is 5.56. The molecule has 1 aromatic carbocycles. The molecule has 8 heteroatoms. The van der Waals surface area contributed by atoms with Crippen molar-refractivity contribution >= 4 is 23.2 Å². The Kier molecular flexibility index (Phi) is 5.06. The summed E-state index contributed by atoms with van der Waals surface area (Å²) >= 11 is 6.08. The van der Waals surface area contributed by atoms with E-state index >= 15 is 0 Å². The number of hydrogen-bond acceptors (Lipinski definition) is 5. The Morgan fingerprint density at radius 3 is 2.60 bits per heavy atom. The Labute approximate surface area is 148 Å². The van der Waals surface area contributed by atoms with E-state index in [0.29, 0.717) is 24.2 Å². The number of nitrogens with zero attached hydrogens (tertiary/aromatic N) is 1. The van der Waals surface area contributed by atoms with Gasteiger partial charge in [-0.15, -0.1) is 0 Å². The molecular weight excluding hydrogens is 348 g/mol. The standard InChI is InChI=1S/C17H17ClN2O5/c18-14-9-11(20(23)24)3-6-13(14)15-7-8-16(25-15)17(22)19-10-1-4-12(21)5-2-10/h3,6-10,12,21H,1-2,4-5H2,(H,19,22). The van der Waals surface area contributed by atoms with Crippen LogP contribution in [0, 0.1) is 10.1 Å². The summed E-state index contributed by atoms with van der Waals surface area (Å²) in [5.74, 6) is 0.185. The molecule has 0 bridgehead atoms. The normalized spacial score (nSPS) is 20.2. The number of halogens is 1. The highest BCUT2D eigenvalue weighted by Crippen LogP contribution is 2.32. The third-order valence-corrected chi connectivity index (χ3v) is 4.60. The van der Waals surface area contributed by atoms with Gasteiger partial charge in [0.25, 0.3) is 11.6 Å². The molecule has 2 aromatic rings. The highest BCUT2D eigenvalue weighted by molar-refractivity contribution is 6.33. The predicted molar refractivity (Wildman–Crippen MR) is 91.5 cm³/mol. The summed E-state index contributed by atoms with van der Waals surface area (Å²) in [4.78, 5) is 22.5. The molecule has 1 aliphatic rings. The van der Waals surface area contributed by atoms with Crippen LogP contribution in [-0.4, -0.2) is 28.1 Å². The summed E-state index contributed by atoms with van der Waals surface area (Å²) in [7, 11) is 0. The summed E-state index contributed by atoms with van der Waals surface area (Å²) in [6, 6.07) is 7.23. The molecule has 1 heterocycles. The number of carbonyl (C=O) groups is 1. The van der Waals surface area contributed by atoms with Gasteiger partial charge in [-0.05, 0) is 43.9 Å². The van der Waals surface area contributed by atoms with Crippen LogP contribution in [0.1, 0.15) is 36.2 Å². The molecule has 1 amide bonds. The lowest BCUT2D eigenvalue weighted by molar-refractivity contribution is -0.384. The first-order valence-electron chi connectivity index (χ1n) is 7.97. The number of non-ortho nitro benzene ring substituents is 1. The number of carbonyl (C=O) groups excluding carboxylic acids is 1. The molecule has 1 aliphatic carbocycles. The average molecular weight is 365 g/mol. The first-order valence-corrected chi connectivity index (χ1v) is 8.35. The van der Waals surface area contributed by atoms with E-state index in [1.807, 2.05) is 0 Å². The van der Waals surface area contributed by atoms with Crippen LogP contribution in [0.2, 0.25) is 5.02 Å². The van der Waals surface area contributed by atoms with Crippen molar-refractivity contribution in [3.8, 4) is 11.3 Å². The number of nitrogens with one attached hydrogen (secondary N) is 1. The van der Waals surface area contributed by atoms with Crippen LogP contribution in [-0.2, 0) is 0 Å². The number of hydrogen-bond donors (Lipinski definition) is 2. The van der Waals surface area contributed by atoms with Gasteiger partial charge in [-0.2, -0.15) is 0 Å². The highest BCUT2D eigenvalue weighted by atomic mass is 35.5. The number of aliphatic hydroxyl groups is 1. The molecule has 0 atom stereocenters. The molecule has 7 nitrogen and oxygen atoms in total. The van der Waals surface area contributed by atoms with Gasteiger partial charge < -0.3 is 14.8 Å². The van der Waals surface area contributed by atoms with E-state index in [2.05, 4.69) is 5.32 Å². The Hall–Kier alpha value is -2.38. The molecule has 2 N–H and O–H groups in total. The number of rotatable bonds is 4. The van der Waals surface area contributed by atoms with E-state index in [4.69, 9.17) is 16.0 Å². The third kappa shape index (κ3) is 4.00. The van der Waals surface area contributed by atoms with E-state index in [0.717, 1.165) is 12.8 Å². The van der Waals surface area contributed by atoms with Crippen molar-refractivity contribution < 1.29 is 19.2 Å². The van der Waals surface area contributed by atoms with E-state index in [-0.39, 0.29) is 34.5 Å². The van der Waals surface area contributed by atoms with E-state index in [1.54, 1.807) is 12.1 Å². The predicted octanol–water partition coefficient (Wildman–Crippen LogP) is 3.54. The Balaban J connectivity index is 1.71. The summed E-state index contributed by atoms with van der Waals surface area (Å²) in [6.45, 7) is 0. The molecule has 1 saturated carbocycles. The molecule has 0 aliphatic heterocycles. The van der Waals surface area contributed by atoms with Crippen LogP contribution in [0.25, 0.3) is 11.3 Å². The van der Waals surface area contributed by atoms with Gasteiger partial charge in [-0.3, -0.25) is 14.9 Å². The maximum atomic E-state index is 12.3. The van der Waals surface area contributed by atoms with Crippen molar-refractivity contribution in [3.05, 3.63) is 51.2 Å². The minimum absolute atomic E-state index is 0.0208. The van der Waals surface area contributed by atoms with Gasteiger partial charge in [0.05, 0.1) is 16.0 Å². The number of amides is 1. The van der Waals surface area contributed by atoms with E-state index in [9.17, 15) is 20.0 Å². The number of nitro benzene ring substituents is 1. The van der Waals surface area contributed by atoms with Crippen LogP contribution in [0.5, 0.6) is 0 Å². The molecule has 0 radical (unpaired) electrons. The van der Waals surface area contributed by atoms with Gasteiger partial charge in [0.1, 0.15) is 5.76 Å². The molecule has 1 aromatic heterocycles. The molecular formula is C17H17ClN2O5. The van der Waals surface area contributed by atoms with Gasteiger partial charge in [0, 0.05) is 23.7 Å².